The van der Waals surface area contributed by atoms with E-state index in [0.717, 1.165) is 23.2 Å². The van der Waals surface area contributed by atoms with Crippen molar-refractivity contribution < 1.29 is 4.42 Å². The van der Waals surface area contributed by atoms with Gasteiger partial charge in [0, 0.05) is 17.1 Å². The first kappa shape index (κ1) is 12.9. The Morgan fingerprint density at radius 1 is 1.25 bits per heavy atom. The SMILES string of the molecule is CCNC(c1ccc2cccnc2c1)c1ccoc1C. The number of hydrogen-bond donors (Lipinski definition) is 1. The van der Waals surface area contributed by atoms with Crippen LogP contribution in [0.1, 0.15) is 29.9 Å². The van der Waals surface area contributed by atoms with E-state index >= 15 is 0 Å². The molecule has 3 nitrogen and oxygen atoms in total. The Hall–Kier alpha value is -2.13. The van der Waals surface area contributed by atoms with E-state index in [1.807, 2.05) is 25.3 Å². The molecule has 0 aliphatic heterocycles. The van der Waals surface area contributed by atoms with Crippen LogP contribution in [0.5, 0.6) is 0 Å². The number of pyridine rings is 1. The van der Waals surface area contributed by atoms with Gasteiger partial charge < -0.3 is 9.73 Å². The van der Waals surface area contributed by atoms with Crippen LogP contribution in [-0.2, 0) is 0 Å². The van der Waals surface area contributed by atoms with Gasteiger partial charge in [-0.1, -0.05) is 25.1 Å². The van der Waals surface area contributed by atoms with Gasteiger partial charge in [0.15, 0.2) is 0 Å². The highest BCUT2D eigenvalue weighted by molar-refractivity contribution is 5.79. The first-order valence-electron chi connectivity index (χ1n) is 6.91. The summed E-state index contributed by atoms with van der Waals surface area (Å²) in [5.41, 5.74) is 3.42. The fraction of sp³-hybridized carbons (Fsp3) is 0.235. The molecule has 2 heterocycles. The Bertz CT molecular complexity index is 718. The number of rotatable bonds is 4. The molecule has 0 bridgehead atoms. The molecule has 1 atom stereocenters. The highest BCUT2D eigenvalue weighted by atomic mass is 16.3. The standard InChI is InChI=1S/C17H18N2O/c1-3-18-17(15-8-10-20-12(15)2)14-7-6-13-5-4-9-19-16(13)11-14/h4-11,17-18H,3H2,1-2H3. The summed E-state index contributed by atoms with van der Waals surface area (Å²) < 4.78 is 5.45. The molecular weight excluding hydrogens is 248 g/mol. The second kappa shape index (κ2) is 5.47. The molecule has 1 aromatic carbocycles. The number of fused-ring (bicyclic) bond motifs is 1. The van der Waals surface area contributed by atoms with E-state index in [1.165, 1.54) is 11.1 Å². The minimum atomic E-state index is 0.144. The highest BCUT2D eigenvalue weighted by Crippen LogP contribution is 2.27. The topological polar surface area (TPSA) is 38.1 Å². The lowest BCUT2D eigenvalue weighted by Crippen LogP contribution is -2.22. The maximum atomic E-state index is 5.45. The summed E-state index contributed by atoms with van der Waals surface area (Å²) in [6.45, 7) is 5.01. The number of aromatic nitrogens is 1. The maximum absolute atomic E-state index is 5.45. The van der Waals surface area contributed by atoms with Crippen molar-refractivity contribution in [3.63, 3.8) is 0 Å². The van der Waals surface area contributed by atoms with Crippen LogP contribution in [0.4, 0.5) is 0 Å². The Kier molecular flexibility index (Phi) is 3.52. The zero-order valence-corrected chi connectivity index (χ0v) is 11.8. The van der Waals surface area contributed by atoms with E-state index in [9.17, 15) is 0 Å². The first-order valence-corrected chi connectivity index (χ1v) is 6.91. The fourth-order valence-corrected chi connectivity index (χ4v) is 2.57. The molecule has 0 amide bonds. The van der Waals surface area contributed by atoms with E-state index in [2.05, 4.69) is 41.5 Å². The van der Waals surface area contributed by atoms with Gasteiger partial charge in [0.1, 0.15) is 5.76 Å². The van der Waals surface area contributed by atoms with Gasteiger partial charge in [0.2, 0.25) is 0 Å². The summed E-state index contributed by atoms with van der Waals surface area (Å²) in [6.07, 6.45) is 3.58. The van der Waals surface area contributed by atoms with Crippen LogP contribution in [0, 0.1) is 6.92 Å². The van der Waals surface area contributed by atoms with E-state index in [1.54, 1.807) is 6.26 Å². The number of nitrogens with zero attached hydrogens (tertiary/aromatic N) is 1. The van der Waals surface area contributed by atoms with E-state index in [-0.39, 0.29) is 6.04 Å². The lowest BCUT2D eigenvalue weighted by molar-refractivity contribution is 0.520. The summed E-state index contributed by atoms with van der Waals surface area (Å²) in [5, 5.41) is 4.68. The molecule has 3 rings (SSSR count). The lowest BCUT2D eigenvalue weighted by Gasteiger charge is -2.18. The number of hydrogen-bond acceptors (Lipinski definition) is 3. The van der Waals surface area contributed by atoms with Crippen molar-refractivity contribution in [2.75, 3.05) is 6.54 Å². The van der Waals surface area contributed by atoms with Crippen LogP contribution < -0.4 is 5.32 Å². The third kappa shape index (κ3) is 2.32. The Morgan fingerprint density at radius 3 is 2.90 bits per heavy atom. The molecule has 0 aliphatic carbocycles. The predicted molar refractivity (Wildman–Crippen MR) is 80.7 cm³/mol. The van der Waals surface area contributed by atoms with Crippen molar-refractivity contribution in [1.29, 1.82) is 0 Å². The van der Waals surface area contributed by atoms with E-state index < -0.39 is 0 Å². The first-order chi connectivity index (χ1) is 9.79. The Labute approximate surface area is 118 Å². The molecule has 0 saturated carbocycles. The number of nitrogens with one attached hydrogen (secondary N) is 1. The number of benzene rings is 1. The van der Waals surface area contributed by atoms with Gasteiger partial charge >= 0.3 is 0 Å². The molecular formula is C17H18N2O. The van der Waals surface area contributed by atoms with Crippen LogP contribution in [0.3, 0.4) is 0 Å². The van der Waals surface area contributed by atoms with E-state index in [0.29, 0.717) is 0 Å². The van der Waals surface area contributed by atoms with Crippen LogP contribution in [0.15, 0.2) is 53.3 Å². The number of furan rings is 1. The molecule has 0 saturated heterocycles. The van der Waals surface area contributed by atoms with Gasteiger partial charge in [-0.3, -0.25) is 4.98 Å². The minimum Gasteiger partial charge on any atom is -0.469 e. The summed E-state index contributed by atoms with van der Waals surface area (Å²) >= 11 is 0. The van der Waals surface area contributed by atoms with E-state index in [4.69, 9.17) is 4.42 Å². The van der Waals surface area contributed by atoms with Gasteiger partial charge in [0.25, 0.3) is 0 Å². The molecule has 1 unspecified atom stereocenters. The largest absolute Gasteiger partial charge is 0.469 e. The van der Waals surface area contributed by atoms with Crippen molar-refractivity contribution in [2.24, 2.45) is 0 Å². The Morgan fingerprint density at radius 2 is 2.15 bits per heavy atom. The second-order valence-electron chi connectivity index (χ2n) is 4.88. The van der Waals surface area contributed by atoms with Crippen molar-refractivity contribution in [3.05, 3.63) is 65.7 Å². The summed E-state index contributed by atoms with van der Waals surface area (Å²) in [4.78, 5) is 4.44. The second-order valence-corrected chi connectivity index (χ2v) is 4.88. The third-order valence-corrected chi connectivity index (χ3v) is 3.58. The third-order valence-electron chi connectivity index (χ3n) is 3.58. The normalized spacial score (nSPS) is 12.7. The Balaban J connectivity index is 2.07. The zero-order valence-electron chi connectivity index (χ0n) is 11.8. The molecule has 3 aromatic rings. The molecule has 1 N–H and O–H groups in total. The minimum absolute atomic E-state index is 0.144. The van der Waals surface area contributed by atoms with Gasteiger partial charge in [-0.2, -0.15) is 0 Å². The van der Waals surface area contributed by atoms with Crippen LogP contribution in [0.2, 0.25) is 0 Å². The molecule has 0 aliphatic rings. The summed E-state index contributed by atoms with van der Waals surface area (Å²) in [5.74, 6) is 0.956. The van der Waals surface area contributed by atoms with Crippen LogP contribution in [-0.4, -0.2) is 11.5 Å². The molecule has 20 heavy (non-hydrogen) atoms. The predicted octanol–water partition coefficient (Wildman–Crippen LogP) is 3.84. The smallest absolute Gasteiger partial charge is 0.105 e. The van der Waals surface area contributed by atoms with Gasteiger partial charge in [0.05, 0.1) is 17.8 Å². The zero-order chi connectivity index (χ0) is 13.9. The van der Waals surface area contributed by atoms with Crippen molar-refractivity contribution in [1.82, 2.24) is 10.3 Å². The summed E-state index contributed by atoms with van der Waals surface area (Å²) in [7, 11) is 0. The molecule has 3 heteroatoms. The highest BCUT2D eigenvalue weighted by Gasteiger charge is 2.17. The van der Waals surface area contributed by atoms with Crippen molar-refractivity contribution in [2.45, 2.75) is 19.9 Å². The average molecular weight is 266 g/mol. The lowest BCUT2D eigenvalue weighted by atomic mass is 9.98. The monoisotopic (exact) mass is 266 g/mol. The van der Waals surface area contributed by atoms with Crippen molar-refractivity contribution in [3.8, 4) is 0 Å². The molecule has 0 fully saturated rings. The maximum Gasteiger partial charge on any atom is 0.105 e. The van der Waals surface area contributed by atoms with Gasteiger partial charge in [-0.05, 0) is 37.2 Å². The van der Waals surface area contributed by atoms with Crippen LogP contribution in [0.25, 0.3) is 10.9 Å². The molecule has 0 spiro atoms. The molecule has 0 radical (unpaired) electrons. The molecule has 102 valence electrons. The van der Waals surface area contributed by atoms with Crippen molar-refractivity contribution >= 4 is 10.9 Å². The molecule has 2 aromatic heterocycles. The fourth-order valence-electron chi connectivity index (χ4n) is 2.57. The summed E-state index contributed by atoms with van der Waals surface area (Å²) in [6, 6.07) is 12.6. The van der Waals surface area contributed by atoms with Gasteiger partial charge in [-0.25, -0.2) is 0 Å². The average Bonchev–Trinajstić information content (AvgIpc) is 2.90. The quantitative estimate of drug-likeness (QED) is 0.779. The van der Waals surface area contributed by atoms with Gasteiger partial charge in [-0.15, -0.1) is 0 Å². The number of aryl methyl sites for hydroxylation is 1. The van der Waals surface area contributed by atoms with Crippen LogP contribution >= 0.6 is 0 Å².